The second-order valence-electron chi connectivity index (χ2n) is 5.54. The van der Waals surface area contributed by atoms with Crippen LogP contribution in [0.5, 0.6) is 0 Å². The van der Waals surface area contributed by atoms with Crippen molar-refractivity contribution in [2.75, 3.05) is 0 Å². The van der Waals surface area contributed by atoms with Crippen LogP contribution in [-0.2, 0) is 4.79 Å². The summed E-state index contributed by atoms with van der Waals surface area (Å²) in [6.07, 6.45) is 5.56. The van der Waals surface area contributed by atoms with Crippen LogP contribution < -0.4 is 5.73 Å². The standard InChI is InChI=1S/C13H22NO4.Na/c14-10(8-9-4-2-1-3-5-9)13(18)11(15)6-7-12(16)17;/h6,9-11,13,15,18H,1-5,8,14H2,(H,16,17);/t10-,11-,13+;/m0./s1. The molecule has 1 aliphatic rings. The molecule has 5 nitrogen and oxygen atoms in total. The molecular weight excluding hydrogens is 257 g/mol. The summed E-state index contributed by atoms with van der Waals surface area (Å²) in [7, 11) is 0. The summed E-state index contributed by atoms with van der Waals surface area (Å²) in [4.78, 5) is 10.7. The summed E-state index contributed by atoms with van der Waals surface area (Å²) >= 11 is 0.322. The van der Waals surface area contributed by atoms with Crippen molar-refractivity contribution in [3.8, 4) is 0 Å². The first-order valence-electron chi connectivity index (χ1n) is 6.95. The van der Waals surface area contributed by atoms with Crippen LogP contribution >= 0.6 is 0 Å². The number of carboxylic acids is 1. The predicted molar refractivity (Wildman–Crippen MR) is 72.7 cm³/mol. The van der Waals surface area contributed by atoms with E-state index in [4.69, 9.17) is 10.8 Å². The number of rotatable bonds is 6. The molecule has 1 rings (SSSR count). The van der Waals surface area contributed by atoms with E-state index in [0.29, 0.717) is 40.3 Å². The molecule has 1 fully saturated rings. The van der Waals surface area contributed by atoms with Crippen molar-refractivity contribution < 1.29 is 20.1 Å². The molecule has 0 radical (unpaired) electrons. The van der Waals surface area contributed by atoms with Gasteiger partial charge in [-0.2, -0.15) is 0 Å². The minimum absolute atomic E-state index is 0.149. The van der Waals surface area contributed by atoms with Crippen LogP contribution in [0, 0.1) is 5.92 Å². The van der Waals surface area contributed by atoms with Gasteiger partial charge in [-0.25, -0.2) is 0 Å². The average molecular weight is 279 g/mol. The van der Waals surface area contributed by atoms with E-state index < -0.39 is 24.2 Å². The number of hydrogen-bond acceptors (Lipinski definition) is 4. The van der Waals surface area contributed by atoms with Gasteiger partial charge in [0, 0.05) is 0 Å². The van der Waals surface area contributed by atoms with E-state index in [0.717, 1.165) is 12.8 Å². The van der Waals surface area contributed by atoms with Gasteiger partial charge in [-0.05, 0) is 0 Å². The molecular formula is C13H22NNaO4. The minimum atomic E-state index is -1.19. The quantitative estimate of drug-likeness (QED) is 0.409. The molecule has 5 N–H and O–H groups in total. The Morgan fingerprint density at radius 1 is 1.32 bits per heavy atom. The Kier molecular flexibility index (Phi) is 7.57. The van der Waals surface area contributed by atoms with Crippen molar-refractivity contribution in [3.05, 3.63) is 8.90 Å². The zero-order chi connectivity index (χ0) is 14.4. The molecule has 0 heterocycles. The molecule has 0 aromatic rings. The molecule has 104 valence electrons. The van der Waals surface area contributed by atoms with E-state index in [-0.39, 0.29) is 2.82 Å². The first kappa shape index (κ1) is 17.1. The van der Waals surface area contributed by atoms with Crippen molar-refractivity contribution in [2.45, 2.75) is 56.8 Å². The maximum atomic E-state index is 10.7. The summed E-state index contributed by atoms with van der Waals surface area (Å²) < 4.78 is 0.149. The van der Waals surface area contributed by atoms with Gasteiger partial charge >= 0.3 is 131 Å². The van der Waals surface area contributed by atoms with Crippen LogP contribution in [0.1, 0.15) is 38.5 Å². The average Bonchev–Trinajstić information content (AvgIpc) is 2.38. The molecule has 19 heavy (non-hydrogen) atoms. The Morgan fingerprint density at radius 3 is 2.42 bits per heavy atom. The molecule has 1 saturated carbocycles. The van der Waals surface area contributed by atoms with Gasteiger partial charge < -0.3 is 0 Å². The fraction of sp³-hybridized carbons (Fsp3) is 0.769. The fourth-order valence-corrected chi connectivity index (χ4v) is 2.97. The first-order valence-corrected chi connectivity index (χ1v) is 7.95. The number of hydrogen-bond donors (Lipinski definition) is 4. The second kappa shape index (κ2) is 8.39. The second-order valence-corrected chi connectivity index (χ2v) is 6.62. The number of carbonyl (C=O) groups is 1. The molecule has 0 aromatic heterocycles. The molecule has 0 aromatic carbocycles. The number of aliphatic hydroxyl groups excluding tert-OH is 2. The van der Waals surface area contributed by atoms with Gasteiger partial charge in [-0.15, -0.1) is 0 Å². The third-order valence-electron chi connectivity index (χ3n) is 3.88. The summed E-state index contributed by atoms with van der Waals surface area (Å²) in [5, 5.41) is 28.5. The monoisotopic (exact) mass is 279 g/mol. The van der Waals surface area contributed by atoms with E-state index in [2.05, 4.69) is 0 Å². The van der Waals surface area contributed by atoms with Gasteiger partial charge in [0.1, 0.15) is 0 Å². The predicted octanol–water partition coefficient (Wildman–Crippen LogP) is 0.143. The Morgan fingerprint density at radius 2 is 1.89 bits per heavy atom. The van der Waals surface area contributed by atoms with Crippen LogP contribution in [0.25, 0.3) is 0 Å². The third-order valence-corrected chi connectivity index (χ3v) is 4.64. The van der Waals surface area contributed by atoms with Crippen LogP contribution in [0.3, 0.4) is 0 Å². The molecule has 0 spiro atoms. The van der Waals surface area contributed by atoms with Gasteiger partial charge in [0.15, 0.2) is 0 Å². The Bertz CT molecular complexity index is 329. The van der Waals surface area contributed by atoms with Crippen LogP contribution in [0.4, 0.5) is 0 Å². The van der Waals surface area contributed by atoms with E-state index in [9.17, 15) is 15.0 Å². The molecule has 0 saturated heterocycles. The Balaban J connectivity index is 2.48. The topological polar surface area (TPSA) is 104 Å². The van der Waals surface area contributed by atoms with Gasteiger partial charge in [-0.1, -0.05) is 0 Å². The van der Waals surface area contributed by atoms with Crippen LogP contribution in [0.15, 0.2) is 8.90 Å². The van der Waals surface area contributed by atoms with E-state index in [1.807, 2.05) is 0 Å². The molecule has 0 amide bonds. The molecule has 1 aliphatic carbocycles. The maximum absolute atomic E-state index is 10.7. The molecule has 0 bridgehead atoms. The zero-order valence-corrected chi connectivity index (χ0v) is 13.5. The summed E-state index contributed by atoms with van der Waals surface area (Å²) in [6, 6.07) is -0.502. The molecule has 3 atom stereocenters. The van der Waals surface area contributed by atoms with Crippen molar-refractivity contribution in [2.24, 2.45) is 11.7 Å². The molecule has 0 aliphatic heterocycles. The number of carboxylic acid groups (broad SMARTS) is 1. The van der Waals surface area contributed by atoms with Gasteiger partial charge in [-0.3, -0.25) is 0 Å². The molecule has 6 heteroatoms. The SMILES string of the molecule is N[C@@H](CC1CCCCC1)[C@@H](O)[C@@H](O)C=[C]([Na])C(=O)O. The van der Waals surface area contributed by atoms with Crippen molar-refractivity contribution in [1.82, 2.24) is 0 Å². The molecule has 0 unspecified atom stereocenters. The van der Waals surface area contributed by atoms with Gasteiger partial charge in [0.05, 0.1) is 0 Å². The first-order chi connectivity index (χ1) is 8.91. The summed E-state index contributed by atoms with van der Waals surface area (Å²) in [6.45, 7) is 0. The van der Waals surface area contributed by atoms with E-state index in [1.54, 1.807) is 0 Å². The third kappa shape index (κ3) is 5.94. The Hall–Kier alpha value is 0.0900. The zero-order valence-electron chi connectivity index (χ0n) is 11.5. The van der Waals surface area contributed by atoms with Crippen molar-refractivity contribution in [1.29, 1.82) is 0 Å². The normalized spacial score (nSPS) is 22.9. The summed E-state index contributed by atoms with van der Waals surface area (Å²) in [5.74, 6) is -0.525. The van der Waals surface area contributed by atoms with Crippen molar-refractivity contribution in [3.63, 3.8) is 0 Å². The number of nitrogens with two attached hydrogens (primary N) is 1. The number of aliphatic hydroxyl groups is 2. The van der Waals surface area contributed by atoms with E-state index in [1.165, 1.54) is 25.3 Å². The van der Waals surface area contributed by atoms with E-state index >= 15 is 0 Å². The van der Waals surface area contributed by atoms with Gasteiger partial charge in [0.2, 0.25) is 0 Å². The fourth-order valence-electron chi connectivity index (χ4n) is 2.63. The van der Waals surface area contributed by atoms with Crippen LogP contribution in [-0.4, -0.2) is 67.5 Å². The summed E-state index contributed by atoms with van der Waals surface area (Å²) in [5.41, 5.74) is 5.93. The van der Waals surface area contributed by atoms with Gasteiger partial charge in [0.25, 0.3) is 0 Å². The van der Waals surface area contributed by atoms with Crippen molar-refractivity contribution >= 4 is 33.9 Å². The Labute approximate surface area is 131 Å². The number of aliphatic carboxylic acids is 1. The van der Waals surface area contributed by atoms with Crippen LogP contribution in [0.2, 0.25) is 0 Å².